The van der Waals surface area contributed by atoms with Crippen molar-refractivity contribution in [2.75, 3.05) is 31.5 Å². The summed E-state index contributed by atoms with van der Waals surface area (Å²) in [4.78, 5) is 2.42. The second-order valence-electron chi connectivity index (χ2n) is 3.22. The molecule has 0 aliphatic rings. The zero-order valence-electron chi connectivity index (χ0n) is 9.16. The molecular weight excluding hydrogens is 276 g/mol. The molecule has 0 amide bonds. The van der Waals surface area contributed by atoms with Crippen molar-refractivity contribution in [3.8, 4) is 0 Å². The largest absolute Gasteiger partial charge is 0.359 e. The Balaban J connectivity index is 2.20. The maximum atomic E-state index is 3.98. The first-order chi connectivity index (χ1) is 7.26. The van der Waals surface area contributed by atoms with Crippen LogP contribution in [0.3, 0.4) is 0 Å². The van der Waals surface area contributed by atoms with Crippen LogP contribution in [0, 0.1) is 0 Å². The molecule has 15 heavy (non-hydrogen) atoms. The van der Waals surface area contributed by atoms with Crippen molar-refractivity contribution in [3.63, 3.8) is 0 Å². The van der Waals surface area contributed by atoms with Gasteiger partial charge in [-0.15, -0.1) is 10.2 Å². The van der Waals surface area contributed by atoms with Crippen molar-refractivity contribution >= 4 is 32.4 Å². The molecule has 0 spiro atoms. The molecule has 1 rings (SSSR count). The highest BCUT2D eigenvalue weighted by molar-refractivity contribution is 9.11. The monoisotopic (exact) mass is 292 g/mol. The number of nitrogens with zero attached hydrogens (tertiary/aromatic N) is 3. The minimum absolute atomic E-state index is 0.825. The molecule has 0 unspecified atom stereocenters. The van der Waals surface area contributed by atoms with Crippen molar-refractivity contribution in [1.29, 1.82) is 0 Å². The molecule has 1 heterocycles. The number of aromatic nitrogens is 2. The molecule has 0 aliphatic heterocycles. The van der Waals surface area contributed by atoms with Crippen LogP contribution in [0.4, 0.5) is 5.13 Å². The van der Waals surface area contributed by atoms with E-state index in [0.717, 1.165) is 35.2 Å². The smallest absolute Gasteiger partial charge is 0.206 e. The van der Waals surface area contributed by atoms with Gasteiger partial charge in [-0.3, -0.25) is 0 Å². The fraction of sp³-hybridized carbons (Fsp3) is 0.778. The Morgan fingerprint density at radius 3 is 2.67 bits per heavy atom. The maximum absolute atomic E-state index is 3.98. The Labute approximate surface area is 103 Å². The van der Waals surface area contributed by atoms with Gasteiger partial charge >= 0.3 is 0 Å². The summed E-state index contributed by atoms with van der Waals surface area (Å²) >= 11 is 4.81. The predicted octanol–water partition coefficient (Wildman–Crippen LogP) is 2.44. The van der Waals surface area contributed by atoms with Gasteiger partial charge in [-0.2, -0.15) is 0 Å². The minimum Gasteiger partial charge on any atom is -0.359 e. The predicted molar refractivity (Wildman–Crippen MR) is 68.5 cm³/mol. The van der Waals surface area contributed by atoms with Gasteiger partial charge in [-0.1, -0.05) is 25.2 Å². The van der Waals surface area contributed by atoms with Gasteiger partial charge in [0.2, 0.25) is 5.13 Å². The lowest BCUT2D eigenvalue weighted by Gasteiger charge is -2.19. The average Bonchev–Trinajstić information content (AvgIpc) is 2.63. The summed E-state index contributed by atoms with van der Waals surface area (Å²) in [5, 5.41) is 12.0. The zero-order chi connectivity index (χ0) is 11.1. The summed E-state index contributed by atoms with van der Waals surface area (Å²) in [5.41, 5.74) is 0. The molecule has 0 aliphatic carbocycles. The van der Waals surface area contributed by atoms with Crippen molar-refractivity contribution in [2.45, 2.75) is 20.3 Å². The fourth-order valence-electron chi connectivity index (χ4n) is 1.34. The van der Waals surface area contributed by atoms with E-state index in [4.69, 9.17) is 0 Å². The quantitative estimate of drug-likeness (QED) is 0.838. The van der Waals surface area contributed by atoms with Crippen molar-refractivity contribution in [2.24, 2.45) is 0 Å². The lowest BCUT2D eigenvalue weighted by atomic mass is 10.4. The summed E-state index contributed by atoms with van der Waals surface area (Å²) in [5.74, 6) is 0. The molecule has 4 nitrogen and oxygen atoms in total. The van der Waals surface area contributed by atoms with Crippen LogP contribution >= 0.6 is 27.3 Å². The molecule has 0 bridgehead atoms. The van der Waals surface area contributed by atoms with E-state index in [1.54, 1.807) is 0 Å². The van der Waals surface area contributed by atoms with Gasteiger partial charge in [0.05, 0.1) is 0 Å². The number of anilines is 1. The third kappa shape index (κ3) is 4.90. The molecule has 1 aromatic heterocycles. The van der Waals surface area contributed by atoms with E-state index >= 15 is 0 Å². The Bertz CT molecular complexity index is 279. The highest BCUT2D eigenvalue weighted by Gasteiger charge is 2.02. The van der Waals surface area contributed by atoms with Crippen molar-refractivity contribution < 1.29 is 0 Å². The molecule has 0 fully saturated rings. The van der Waals surface area contributed by atoms with E-state index < -0.39 is 0 Å². The van der Waals surface area contributed by atoms with Crippen molar-refractivity contribution in [1.82, 2.24) is 15.1 Å². The van der Waals surface area contributed by atoms with Crippen LogP contribution < -0.4 is 5.32 Å². The number of hydrogen-bond donors (Lipinski definition) is 1. The zero-order valence-corrected chi connectivity index (χ0v) is 11.6. The number of rotatable bonds is 7. The maximum Gasteiger partial charge on any atom is 0.206 e. The molecule has 6 heteroatoms. The first-order valence-electron chi connectivity index (χ1n) is 5.21. The van der Waals surface area contributed by atoms with E-state index in [1.165, 1.54) is 17.8 Å². The first-order valence-corrected chi connectivity index (χ1v) is 6.82. The van der Waals surface area contributed by atoms with Crippen LogP contribution in [0.25, 0.3) is 0 Å². The third-order valence-corrected chi connectivity index (χ3v) is 3.41. The molecule has 1 N–H and O–H groups in total. The molecule has 0 saturated heterocycles. The van der Waals surface area contributed by atoms with E-state index in [0.29, 0.717) is 0 Å². The molecule has 0 radical (unpaired) electrons. The van der Waals surface area contributed by atoms with Crippen LogP contribution in [0.2, 0.25) is 0 Å². The second kappa shape index (κ2) is 7.14. The van der Waals surface area contributed by atoms with Crippen LogP contribution in [0.1, 0.15) is 20.3 Å². The number of nitrogens with one attached hydrogen (secondary N) is 1. The minimum atomic E-state index is 0.825. The molecule has 0 saturated carbocycles. The van der Waals surface area contributed by atoms with E-state index in [-0.39, 0.29) is 0 Å². The first kappa shape index (κ1) is 12.9. The number of likely N-dealkylation sites (N-methyl/N-ethyl adjacent to an activating group) is 1. The summed E-state index contributed by atoms with van der Waals surface area (Å²) in [7, 11) is 0. The van der Waals surface area contributed by atoms with Crippen LogP contribution in [-0.4, -0.2) is 41.3 Å². The summed E-state index contributed by atoms with van der Waals surface area (Å²) < 4.78 is 0.825. The molecule has 1 aromatic rings. The second-order valence-corrected chi connectivity index (χ2v) is 5.47. The highest BCUT2D eigenvalue weighted by atomic mass is 79.9. The SMILES string of the molecule is CCCN(CC)CCNc1nnc(Br)s1. The topological polar surface area (TPSA) is 41.0 Å². The Hall–Kier alpha value is -0.200. The van der Waals surface area contributed by atoms with Gasteiger partial charge in [0, 0.05) is 13.1 Å². The number of halogens is 1. The average molecular weight is 293 g/mol. The van der Waals surface area contributed by atoms with Crippen LogP contribution in [0.15, 0.2) is 3.92 Å². The summed E-state index contributed by atoms with van der Waals surface area (Å²) in [6.45, 7) is 8.65. The summed E-state index contributed by atoms with van der Waals surface area (Å²) in [6.07, 6.45) is 1.21. The highest BCUT2D eigenvalue weighted by Crippen LogP contribution is 2.19. The Kier molecular flexibility index (Phi) is 6.12. The Morgan fingerprint density at radius 1 is 1.33 bits per heavy atom. The lowest BCUT2D eigenvalue weighted by Crippen LogP contribution is -2.29. The standard InChI is InChI=1S/C9H17BrN4S/c1-3-6-14(4-2)7-5-11-9-13-12-8(10)15-9/h3-7H2,1-2H3,(H,11,13). The van der Waals surface area contributed by atoms with Gasteiger partial charge < -0.3 is 10.2 Å². The van der Waals surface area contributed by atoms with Gasteiger partial charge in [0.15, 0.2) is 3.92 Å². The molecule has 86 valence electrons. The fourth-order valence-corrected chi connectivity index (χ4v) is 2.38. The molecular formula is C9H17BrN4S. The normalized spacial score (nSPS) is 10.9. The van der Waals surface area contributed by atoms with Gasteiger partial charge in [-0.05, 0) is 35.4 Å². The molecule has 0 aromatic carbocycles. The van der Waals surface area contributed by atoms with Crippen molar-refractivity contribution in [3.05, 3.63) is 3.92 Å². The lowest BCUT2D eigenvalue weighted by molar-refractivity contribution is 0.300. The van der Waals surface area contributed by atoms with Gasteiger partial charge in [0.1, 0.15) is 0 Å². The van der Waals surface area contributed by atoms with E-state index in [2.05, 4.69) is 50.2 Å². The van der Waals surface area contributed by atoms with E-state index in [9.17, 15) is 0 Å². The number of hydrogen-bond acceptors (Lipinski definition) is 5. The van der Waals surface area contributed by atoms with Crippen LogP contribution in [0.5, 0.6) is 0 Å². The van der Waals surface area contributed by atoms with E-state index in [1.807, 2.05) is 0 Å². The van der Waals surface area contributed by atoms with Crippen LogP contribution in [-0.2, 0) is 0 Å². The summed E-state index contributed by atoms with van der Waals surface area (Å²) in [6, 6.07) is 0. The third-order valence-electron chi connectivity index (χ3n) is 2.09. The van der Waals surface area contributed by atoms with Gasteiger partial charge in [0.25, 0.3) is 0 Å². The Morgan fingerprint density at radius 2 is 2.13 bits per heavy atom. The molecule has 0 atom stereocenters. The van der Waals surface area contributed by atoms with Gasteiger partial charge in [-0.25, -0.2) is 0 Å².